The lowest BCUT2D eigenvalue weighted by molar-refractivity contribution is 0.0695. The third-order valence-corrected chi connectivity index (χ3v) is 2.21. The molecule has 1 N–H and O–H groups in total. The molecule has 0 spiro atoms. The molecule has 0 atom stereocenters. The average Bonchev–Trinajstić information content (AvgIpc) is 2.03. The first kappa shape index (κ1) is 9.79. The van der Waals surface area contributed by atoms with Gasteiger partial charge in [-0.3, -0.25) is 0 Å². The summed E-state index contributed by atoms with van der Waals surface area (Å²) in [7, 11) is -1.23. The van der Waals surface area contributed by atoms with Crippen molar-refractivity contribution in [2.75, 3.05) is 0 Å². The van der Waals surface area contributed by atoms with E-state index in [9.17, 15) is 4.79 Å². The average molecular weight is 196 g/mol. The van der Waals surface area contributed by atoms with Crippen molar-refractivity contribution in [3.8, 4) is 5.75 Å². The highest BCUT2D eigenvalue weighted by Gasteiger charge is 2.10. The Kier molecular flexibility index (Phi) is 3.08. The molecular formula is C9H12O3Si. The summed E-state index contributed by atoms with van der Waals surface area (Å²) in [4.78, 5) is 10.7. The predicted molar refractivity (Wildman–Crippen MR) is 52.9 cm³/mol. The molecule has 1 aromatic rings. The number of carbonyl (C=O) groups is 1. The number of hydrogen-bond donors (Lipinski definition) is 1. The molecule has 0 radical (unpaired) electrons. The van der Waals surface area contributed by atoms with Crippen molar-refractivity contribution in [3.63, 3.8) is 0 Å². The summed E-state index contributed by atoms with van der Waals surface area (Å²) in [5, 5.41) is 8.81. The molecule has 0 heterocycles. The molecule has 0 aliphatic carbocycles. The number of carboxylic acids is 1. The maximum atomic E-state index is 10.7. The van der Waals surface area contributed by atoms with Crippen molar-refractivity contribution in [3.05, 3.63) is 29.8 Å². The van der Waals surface area contributed by atoms with Gasteiger partial charge in [-0.2, -0.15) is 0 Å². The minimum atomic E-state index is -1.23. The zero-order chi connectivity index (χ0) is 9.84. The van der Waals surface area contributed by atoms with Crippen LogP contribution in [0, 0.1) is 0 Å². The van der Waals surface area contributed by atoms with Crippen LogP contribution < -0.4 is 4.43 Å². The van der Waals surface area contributed by atoms with Gasteiger partial charge in [0.15, 0.2) is 0 Å². The lowest BCUT2D eigenvalue weighted by Crippen LogP contribution is -2.13. The maximum Gasteiger partial charge on any atom is 0.339 e. The molecule has 1 aromatic carbocycles. The predicted octanol–water partition coefficient (Wildman–Crippen LogP) is 1.75. The molecule has 0 saturated heterocycles. The summed E-state index contributed by atoms with van der Waals surface area (Å²) < 4.78 is 5.46. The van der Waals surface area contributed by atoms with E-state index in [-0.39, 0.29) is 5.56 Å². The van der Waals surface area contributed by atoms with Crippen LogP contribution in [0.5, 0.6) is 5.75 Å². The first-order valence-corrected chi connectivity index (χ1v) is 6.88. The number of para-hydroxylation sites is 1. The molecule has 0 unspecified atom stereocenters. The standard InChI is InChI=1S/C9H12O3Si/c1-13(2)12-8-6-4-3-5-7(8)9(10)11/h3-6,13H,1-2H3,(H,10,11). The second-order valence-electron chi connectivity index (χ2n) is 2.97. The number of rotatable bonds is 3. The molecule has 0 aliphatic rings. The second kappa shape index (κ2) is 4.09. The van der Waals surface area contributed by atoms with Gasteiger partial charge in [-0.25, -0.2) is 4.79 Å². The van der Waals surface area contributed by atoms with E-state index >= 15 is 0 Å². The Balaban J connectivity index is 2.98. The summed E-state index contributed by atoms with van der Waals surface area (Å²) in [5.41, 5.74) is 0.240. The van der Waals surface area contributed by atoms with Crippen LogP contribution >= 0.6 is 0 Å². The minimum absolute atomic E-state index is 0.240. The third kappa shape index (κ3) is 2.59. The number of hydrogen-bond acceptors (Lipinski definition) is 2. The van der Waals surface area contributed by atoms with Crippen LogP contribution in [0.2, 0.25) is 13.1 Å². The van der Waals surface area contributed by atoms with Gasteiger partial charge in [0, 0.05) is 0 Å². The van der Waals surface area contributed by atoms with Crippen molar-refractivity contribution >= 4 is 15.0 Å². The van der Waals surface area contributed by atoms with Crippen molar-refractivity contribution in [1.29, 1.82) is 0 Å². The van der Waals surface area contributed by atoms with Crippen molar-refractivity contribution in [2.24, 2.45) is 0 Å². The van der Waals surface area contributed by atoms with Crippen LogP contribution in [-0.2, 0) is 0 Å². The summed E-state index contributed by atoms with van der Waals surface area (Å²) in [5.74, 6) is -0.457. The van der Waals surface area contributed by atoms with Gasteiger partial charge >= 0.3 is 5.97 Å². The topological polar surface area (TPSA) is 46.5 Å². The molecule has 3 nitrogen and oxygen atoms in total. The Morgan fingerprint density at radius 3 is 2.54 bits per heavy atom. The van der Waals surface area contributed by atoms with Gasteiger partial charge in [0.25, 0.3) is 0 Å². The van der Waals surface area contributed by atoms with Crippen molar-refractivity contribution < 1.29 is 14.3 Å². The van der Waals surface area contributed by atoms with Gasteiger partial charge in [0.2, 0.25) is 9.04 Å². The van der Waals surface area contributed by atoms with E-state index < -0.39 is 15.0 Å². The smallest absolute Gasteiger partial charge is 0.339 e. The molecule has 0 amide bonds. The van der Waals surface area contributed by atoms with Crippen LogP contribution in [0.25, 0.3) is 0 Å². The summed E-state index contributed by atoms with van der Waals surface area (Å²) in [6, 6.07) is 6.71. The van der Waals surface area contributed by atoms with Crippen LogP contribution in [0.1, 0.15) is 10.4 Å². The first-order chi connectivity index (χ1) is 6.11. The number of carboxylic acid groups (broad SMARTS) is 1. The summed E-state index contributed by atoms with van der Waals surface area (Å²) in [6.45, 7) is 4.00. The Labute approximate surface area is 78.7 Å². The second-order valence-corrected chi connectivity index (χ2v) is 5.30. The Bertz CT molecular complexity index is 309. The van der Waals surface area contributed by atoms with E-state index in [2.05, 4.69) is 0 Å². The highest BCUT2D eigenvalue weighted by molar-refractivity contribution is 6.49. The van der Waals surface area contributed by atoms with Crippen molar-refractivity contribution in [1.82, 2.24) is 0 Å². The lowest BCUT2D eigenvalue weighted by Gasteiger charge is -2.11. The van der Waals surface area contributed by atoms with E-state index in [1.54, 1.807) is 24.3 Å². The number of aromatic carboxylic acids is 1. The van der Waals surface area contributed by atoms with E-state index in [0.717, 1.165) is 0 Å². The van der Waals surface area contributed by atoms with Crippen LogP contribution in [0.3, 0.4) is 0 Å². The molecule has 4 heteroatoms. The highest BCUT2D eigenvalue weighted by atomic mass is 28.3. The van der Waals surface area contributed by atoms with Gasteiger partial charge < -0.3 is 9.53 Å². The van der Waals surface area contributed by atoms with Gasteiger partial charge in [-0.05, 0) is 25.2 Å². The molecule has 70 valence electrons. The van der Waals surface area contributed by atoms with Gasteiger partial charge in [0.1, 0.15) is 5.75 Å². The van der Waals surface area contributed by atoms with Crippen LogP contribution in [0.4, 0.5) is 0 Å². The first-order valence-electron chi connectivity index (χ1n) is 4.10. The Hall–Kier alpha value is -1.29. The summed E-state index contributed by atoms with van der Waals surface area (Å²) in [6.07, 6.45) is 0. The van der Waals surface area contributed by atoms with E-state index in [1.807, 2.05) is 13.1 Å². The fraction of sp³-hybridized carbons (Fsp3) is 0.222. The van der Waals surface area contributed by atoms with Gasteiger partial charge in [-0.15, -0.1) is 0 Å². The molecule has 1 rings (SSSR count). The van der Waals surface area contributed by atoms with Gasteiger partial charge in [-0.1, -0.05) is 12.1 Å². The molecule has 0 fully saturated rings. The quantitative estimate of drug-likeness (QED) is 0.749. The SMILES string of the molecule is C[SiH](C)Oc1ccccc1C(=O)O. The minimum Gasteiger partial charge on any atom is -0.546 e. The molecule has 0 saturated carbocycles. The maximum absolute atomic E-state index is 10.7. The number of benzene rings is 1. The Morgan fingerprint density at radius 2 is 2.00 bits per heavy atom. The highest BCUT2D eigenvalue weighted by Crippen LogP contribution is 2.18. The monoisotopic (exact) mass is 196 g/mol. The molecule has 0 bridgehead atoms. The lowest BCUT2D eigenvalue weighted by atomic mass is 10.2. The summed E-state index contributed by atoms with van der Waals surface area (Å²) >= 11 is 0. The molecule has 0 aromatic heterocycles. The zero-order valence-corrected chi connectivity index (χ0v) is 8.81. The van der Waals surface area contributed by atoms with E-state index in [1.165, 1.54) is 0 Å². The fourth-order valence-electron chi connectivity index (χ4n) is 1.00. The van der Waals surface area contributed by atoms with Crippen molar-refractivity contribution in [2.45, 2.75) is 13.1 Å². The van der Waals surface area contributed by atoms with E-state index in [4.69, 9.17) is 9.53 Å². The van der Waals surface area contributed by atoms with E-state index in [0.29, 0.717) is 5.75 Å². The normalized spacial score (nSPS) is 10.1. The van der Waals surface area contributed by atoms with Crippen LogP contribution in [0.15, 0.2) is 24.3 Å². The van der Waals surface area contributed by atoms with Gasteiger partial charge in [0.05, 0.1) is 5.56 Å². The van der Waals surface area contributed by atoms with Crippen LogP contribution in [-0.4, -0.2) is 20.1 Å². The molecule has 13 heavy (non-hydrogen) atoms. The fourth-order valence-corrected chi connectivity index (χ4v) is 1.71. The molecular weight excluding hydrogens is 184 g/mol. The zero-order valence-electron chi connectivity index (χ0n) is 7.65. The molecule has 0 aliphatic heterocycles. The Morgan fingerprint density at radius 1 is 1.38 bits per heavy atom. The largest absolute Gasteiger partial charge is 0.546 e. The third-order valence-electron chi connectivity index (χ3n) is 1.48.